The number of ether oxygens (including phenoxy) is 1. The molecule has 3 heterocycles. The van der Waals surface area contributed by atoms with Crippen LogP contribution in [0.15, 0.2) is 41.1 Å². The summed E-state index contributed by atoms with van der Waals surface area (Å²) in [6.07, 6.45) is -1.61. The van der Waals surface area contributed by atoms with Gasteiger partial charge >= 0.3 is 12.1 Å². The highest BCUT2D eigenvalue weighted by Crippen LogP contribution is 2.41. The normalized spacial score (nSPS) is 17.7. The van der Waals surface area contributed by atoms with Gasteiger partial charge < -0.3 is 14.7 Å². The highest BCUT2D eigenvalue weighted by molar-refractivity contribution is 7.08. The molecule has 2 aliphatic heterocycles. The number of thiophene rings is 1. The molecule has 1 aromatic heterocycles. The van der Waals surface area contributed by atoms with Crippen molar-refractivity contribution < 1.29 is 32.6 Å². The summed E-state index contributed by atoms with van der Waals surface area (Å²) in [5, 5.41) is 11.1. The first-order chi connectivity index (χ1) is 17.0. The molecule has 1 N–H and O–H groups in total. The average molecular weight is 527 g/mol. The van der Waals surface area contributed by atoms with Crippen LogP contribution in [-0.2, 0) is 11.3 Å². The molecule has 2 aliphatic rings. The third-order valence-electron chi connectivity index (χ3n) is 6.58. The van der Waals surface area contributed by atoms with Crippen LogP contribution in [0.1, 0.15) is 49.0 Å². The van der Waals surface area contributed by atoms with E-state index < -0.39 is 12.1 Å². The Morgan fingerprint density at radius 1 is 1.11 bits per heavy atom. The van der Waals surface area contributed by atoms with Crippen LogP contribution in [0.4, 0.5) is 13.2 Å². The number of benzene rings is 1. The van der Waals surface area contributed by atoms with Crippen LogP contribution >= 0.6 is 11.3 Å². The third kappa shape index (κ3) is 7.70. The number of hydrogen-bond donors (Lipinski definition) is 1. The fraction of sp³-hybridized carbons (Fsp3) is 0.538. The number of hydrogen-bond acceptors (Lipinski definition) is 5. The van der Waals surface area contributed by atoms with Crippen LogP contribution in [0.2, 0.25) is 0 Å². The van der Waals surface area contributed by atoms with E-state index in [-0.39, 0.29) is 5.91 Å². The number of para-hydroxylation sites is 1. The molecule has 198 valence electrons. The second-order valence-electron chi connectivity index (χ2n) is 9.88. The largest absolute Gasteiger partial charge is 0.493 e. The molecule has 0 bridgehead atoms. The van der Waals surface area contributed by atoms with Gasteiger partial charge in [0.15, 0.2) is 0 Å². The van der Waals surface area contributed by atoms with Gasteiger partial charge in [-0.05, 0) is 54.7 Å². The lowest BCUT2D eigenvalue weighted by molar-refractivity contribution is -0.192. The first kappa shape index (κ1) is 28.0. The number of carboxylic acid groups (broad SMARTS) is 1. The van der Waals surface area contributed by atoms with Gasteiger partial charge in [-0.25, -0.2) is 4.79 Å². The Labute approximate surface area is 213 Å². The molecule has 2 fully saturated rings. The molecule has 1 amide bonds. The van der Waals surface area contributed by atoms with Crippen LogP contribution in [0.5, 0.6) is 5.75 Å². The monoisotopic (exact) mass is 526 g/mol. The van der Waals surface area contributed by atoms with Crippen LogP contribution in [0.3, 0.4) is 0 Å². The molecule has 4 rings (SSSR count). The summed E-state index contributed by atoms with van der Waals surface area (Å²) < 4.78 is 37.8. The van der Waals surface area contributed by atoms with Gasteiger partial charge in [0.25, 0.3) is 5.91 Å². The molecule has 10 heteroatoms. The van der Waals surface area contributed by atoms with Crippen molar-refractivity contribution in [2.24, 2.45) is 11.3 Å². The number of piperidine rings is 1. The van der Waals surface area contributed by atoms with E-state index in [4.69, 9.17) is 14.6 Å². The highest BCUT2D eigenvalue weighted by atomic mass is 32.1. The highest BCUT2D eigenvalue weighted by Gasteiger charge is 2.41. The topological polar surface area (TPSA) is 70.1 Å². The van der Waals surface area contributed by atoms with Gasteiger partial charge in [0, 0.05) is 37.1 Å². The molecular formula is C26H33F3N2O4S. The number of carbonyl (C=O) groups is 2. The molecule has 2 saturated heterocycles. The first-order valence-corrected chi connectivity index (χ1v) is 13.0. The smallest absolute Gasteiger partial charge is 0.490 e. The van der Waals surface area contributed by atoms with Crippen LogP contribution in [0.25, 0.3) is 0 Å². The fourth-order valence-corrected chi connectivity index (χ4v) is 5.23. The van der Waals surface area contributed by atoms with E-state index in [1.54, 1.807) is 11.3 Å². The van der Waals surface area contributed by atoms with Crippen molar-refractivity contribution in [2.75, 3.05) is 32.8 Å². The van der Waals surface area contributed by atoms with Crippen molar-refractivity contribution in [3.63, 3.8) is 0 Å². The average Bonchev–Trinajstić information content (AvgIpc) is 3.49. The molecule has 36 heavy (non-hydrogen) atoms. The lowest BCUT2D eigenvalue weighted by atomic mass is 9.77. The Hall–Kier alpha value is -2.59. The summed E-state index contributed by atoms with van der Waals surface area (Å²) in [6.45, 7) is 10.1. The Morgan fingerprint density at radius 3 is 2.33 bits per heavy atom. The summed E-state index contributed by atoms with van der Waals surface area (Å²) in [5.41, 5.74) is 2.51. The summed E-state index contributed by atoms with van der Waals surface area (Å²) in [4.78, 5) is 26.1. The molecule has 0 aliphatic carbocycles. The molecule has 0 radical (unpaired) electrons. The van der Waals surface area contributed by atoms with Gasteiger partial charge in [-0.1, -0.05) is 32.0 Å². The number of carboxylic acids is 1. The minimum Gasteiger partial charge on any atom is -0.493 e. The van der Waals surface area contributed by atoms with Gasteiger partial charge in [-0.3, -0.25) is 9.69 Å². The summed E-state index contributed by atoms with van der Waals surface area (Å²) in [5.74, 6) is -1.00. The van der Waals surface area contributed by atoms with E-state index in [2.05, 4.69) is 43.0 Å². The zero-order valence-electron chi connectivity index (χ0n) is 20.6. The number of amides is 1. The molecule has 2 aromatic rings. The Balaban J connectivity index is 0.000000454. The number of carbonyl (C=O) groups excluding carboxylic acids is 1. The second kappa shape index (κ2) is 12.1. The van der Waals surface area contributed by atoms with Gasteiger partial charge in [0.2, 0.25) is 0 Å². The minimum absolute atomic E-state index is 0.201. The Bertz CT molecular complexity index is 1000. The number of aliphatic carboxylic acids is 1. The lowest BCUT2D eigenvalue weighted by Crippen LogP contribution is -2.44. The predicted molar refractivity (Wildman–Crippen MR) is 132 cm³/mol. The molecule has 0 unspecified atom stereocenters. The van der Waals surface area contributed by atoms with Crippen molar-refractivity contribution in [1.29, 1.82) is 0 Å². The minimum atomic E-state index is -5.08. The Kier molecular flexibility index (Phi) is 9.41. The zero-order valence-corrected chi connectivity index (χ0v) is 21.4. The van der Waals surface area contributed by atoms with Gasteiger partial charge in [-0.2, -0.15) is 24.5 Å². The summed E-state index contributed by atoms with van der Waals surface area (Å²) >= 11 is 1.59. The van der Waals surface area contributed by atoms with Crippen LogP contribution < -0.4 is 4.74 Å². The lowest BCUT2D eigenvalue weighted by Gasteiger charge is -2.39. The molecule has 0 saturated carbocycles. The number of rotatable bonds is 6. The van der Waals surface area contributed by atoms with E-state index in [1.165, 1.54) is 12.0 Å². The SMILES string of the molecule is CC(C)COc1ccccc1CN1CCC2(CCN(C(=O)c3ccsc3)CC2)C1.O=C(O)C(F)(F)F. The maximum absolute atomic E-state index is 12.6. The van der Waals surface area contributed by atoms with Crippen molar-refractivity contribution in [1.82, 2.24) is 9.80 Å². The van der Waals surface area contributed by atoms with Crippen molar-refractivity contribution in [3.8, 4) is 5.75 Å². The Morgan fingerprint density at radius 2 is 1.75 bits per heavy atom. The first-order valence-electron chi connectivity index (χ1n) is 12.0. The predicted octanol–water partition coefficient (Wildman–Crippen LogP) is 5.54. The van der Waals surface area contributed by atoms with Crippen molar-refractivity contribution in [3.05, 3.63) is 52.2 Å². The van der Waals surface area contributed by atoms with E-state index in [9.17, 15) is 18.0 Å². The number of nitrogens with zero attached hydrogens (tertiary/aromatic N) is 2. The fourth-order valence-electron chi connectivity index (χ4n) is 4.60. The molecule has 0 atom stereocenters. The number of likely N-dealkylation sites (tertiary alicyclic amines) is 2. The second-order valence-corrected chi connectivity index (χ2v) is 10.7. The van der Waals surface area contributed by atoms with Crippen LogP contribution in [-0.4, -0.2) is 65.7 Å². The molecule has 1 aromatic carbocycles. The van der Waals surface area contributed by atoms with E-state index in [0.29, 0.717) is 11.3 Å². The van der Waals surface area contributed by atoms with Crippen molar-refractivity contribution >= 4 is 23.2 Å². The van der Waals surface area contributed by atoms with Crippen LogP contribution in [0, 0.1) is 11.3 Å². The van der Waals surface area contributed by atoms with E-state index in [0.717, 1.165) is 63.5 Å². The van der Waals surface area contributed by atoms with E-state index in [1.807, 2.05) is 21.7 Å². The molecule has 6 nitrogen and oxygen atoms in total. The third-order valence-corrected chi connectivity index (χ3v) is 7.26. The maximum atomic E-state index is 12.6. The van der Waals surface area contributed by atoms with Gasteiger partial charge in [0.1, 0.15) is 5.75 Å². The summed E-state index contributed by atoms with van der Waals surface area (Å²) in [7, 11) is 0. The summed E-state index contributed by atoms with van der Waals surface area (Å²) in [6, 6.07) is 10.4. The molecular weight excluding hydrogens is 493 g/mol. The van der Waals surface area contributed by atoms with Crippen molar-refractivity contribution in [2.45, 2.75) is 45.8 Å². The quantitative estimate of drug-likeness (QED) is 0.535. The maximum Gasteiger partial charge on any atom is 0.490 e. The van der Waals surface area contributed by atoms with Gasteiger partial charge in [-0.15, -0.1) is 0 Å². The molecule has 1 spiro atoms. The zero-order chi connectivity index (χ0) is 26.3. The standard InChI is InChI=1S/C24H32N2O2S.C2HF3O2/c1-19(2)16-28-22-6-4-3-5-20(22)15-25-11-8-24(18-25)9-12-26(13-10-24)23(27)21-7-14-29-17-21;3-2(4,5)1(6)7/h3-7,14,17,19H,8-13,15-16,18H2,1-2H3;(H,6,7). The van der Waals surface area contributed by atoms with Gasteiger partial charge in [0.05, 0.1) is 12.2 Å². The number of alkyl halides is 3. The van der Waals surface area contributed by atoms with E-state index >= 15 is 0 Å². The number of halogens is 3.